The van der Waals surface area contributed by atoms with Crippen LogP contribution in [-0.4, -0.2) is 19.3 Å². The summed E-state index contributed by atoms with van der Waals surface area (Å²) in [6, 6.07) is 0. The third-order valence-corrected chi connectivity index (χ3v) is 0.927. The Morgan fingerprint density at radius 1 is 1.50 bits per heavy atom. The Bertz CT molecular complexity index is 79.3. The maximum Gasteiger partial charge on any atom is 0.0895 e. The molecule has 0 aromatic heterocycles. The molecule has 1 radical (unpaired) electrons. The van der Waals surface area contributed by atoms with Crippen LogP contribution >= 0.6 is 0 Å². The van der Waals surface area contributed by atoms with Gasteiger partial charge in [-0.1, -0.05) is 6.58 Å². The summed E-state index contributed by atoms with van der Waals surface area (Å²) in [7, 11) is 0. The van der Waals surface area contributed by atoms with E-state index >= 15 is 0 Å². The summed E-state index contributed by atoms with van der Waals surface area (Å²) in [5.74, 6) is 0. The minimum absolute atomic E-state index is 0.0729. The van der Waals surface area contributed by atoms with Gasteiger partial charge < -0.3 is 9.47 Å². The molecule has 0 N–H and O–H groups in total. The normalized spacial score (nSPS) is 9.90. The molecule has 0 aromatic rings. The van der Waals surface area contributed by atoms with E-state index in [1.54, 1.807) is 0 Å². The van der Waals surface area contributed by atoms with Gasteiger partial charge in [-0.2, -0.15) is 0 Å². The molecule has 0 saturated heterocycles. The highest BCUT2D eigenvalue weighted by molar-refractivity contribution is 4.51. The Hall–Kier alpha value is -0.500. The van der Waals surface area contributed by atoms with E-state index in [0.717, 1.165) is 6.42 Å². The zero-order valence-electron chi connectivity index (χ0n) is 6.51. The molecule has 10 heavy (non-hydrogen) atoms. The fraction of sp³-hybridized carbons (Fsp3) is 0.625. The van der Waals surface area contributed by atoms with Gasteiger partial charge in [-0.15, -0.1) is 0 Å². The third kappa shape index (κ3) is 7.50. The van der Waals surface area contributed by atoms with Gasteiger partial charge in [0.05, 0.1) is 25.6 Å². The zero-order chi connectivity index (χ0) is 7.82. The van der Waals surface area contributed by atoms with E-state index in [1.165, 1.54) is 6.26 Å². The Morgan fingerprint density at radius 3 is 2.70 bits per heavy atom. The lowest BCUT2D eigenvalue weighted by Gasteiger charge is -2.05. The molecular weight excluding hydrogens is 128 g/mol. The predicted molar refractivity (Wildman–Crippen MR) is 41.5 cm³/mol. The van der Waals surface area contributed by atoms with Crippen LogP contribution in [0.1, 0.15) is 13.3 Å². The van der Waals surface area contributed by atoms with Crippen molar-refractivity contribution in [1.29, 1.82) is 0 Å². The molecule has 0 heterocycles. The second-order valence-corrected chi connectivity index (χ2v) is 2.07. The summed E-state index contributed by atoms with van der Waals surface area (Å²) in [6.45, 7) is 10.4. The molecule has 1 atom stereocenters. The van der Waals surface area contributed by atoms with Crippen LogP contribution in [0, 0.1) is 6.92 Å². The average molecular weight is 143 g/mol. The van der Waals surface area contributed by atoms with E-state index < -0.39 is 0 Å². The fourth-order valence-corrected chi connectivity index (χ4v) is 0.510. The Kier molecular flexibility index (Phi) is 6.29. The first-order valence-electron chi connectivity index (χ1n) is 3.44. The summed E-state index contributed by atoms with van der Waals surface area (Å²) in [5.41, 5.74) is 0. The van der Waals surface area contributed by atoms with Gasteiger partial charge in [-0.25, -0.2) is 0 Å². The minimum atomic E-state index is 0.0729. The summed E-state index contributed by atoms with van der Waals surface area (Å²) < 4.78 is 10.0. The maximum atomic E-state index is 5.16. The zero-order valence-corrected chi connectivity index (χ0v) is 6.51. The molecule has 0 bridgehead atoms. The molecule has 0 aromatic carbocycles. The first-order chi connectivity index (χ1) is 4.77. The molecule has 0 spiro atoms. The van der Waals surface area contributed by atoms with Gasteiger partial charge >= 0.3 is 0 Å². The molecule has 0 amide bonds. The second kappa shape index (κ2) is 6.62. The van der Waals surface area contributed by atoms with Gasteiger partial charge in [-0.05, 0) is 13.8 Å². The number of hydrogen-bond donors (Lipinski definition) is 0. The van der Waals surface area contributed by atoms with Gasteiger partial charge in [0.1, 0.15) is 0 Å². The molecule has 2 nitrogen and oxygen atoms in total. The van der Waals surface area contributed by atoms with Crippen molar-refractivity contribution in [2.24, 2.45) is 0 Å². The van der Waals surface area contributed by atoms with Crippen LogP contribution in [0.2, 0.25) is 0 Å². The summed E-state index contributed by atoms with van der Waals surface area (Å²) >= 11 is 0. The quantitative estimate of drug-likeness (QED) is 0.417. The molecule has 0 rings (SSSR count). The Labute approximate surface area is 62.8 Å². The van der Waals surface area contributed by atoms with Crippen molar-refractivity contribution in [2.75, 3.05) is 13.2 Å². The monoisotopic (exact) mass is 143 g/mol. The minimum Gasteiger partial charge on any atom is -0.502 e. The van der Waals surface area contributed by atoms with Gasteiger partial charge in [0.25, 0.3) is 0 Å². The van der Waals surface area contributed by atoms with Crippen molar-refractivity contribution in [3.63, 3.8) is 0 Å². The molecule has 0 aliphatic rings. The van der Waals surface area contributed by atoms with Gasteiger partial charge in [0.15, 0.2) is 0 Å². The van der Waals surface area contributed by atoms with Crippen LogP contribution in [0.4, 0.5) is 0 Å². The van der Waals surface area contributed by atoms with Gasteiger partial charge in [0, 0.05) is 6.42 Å². The van der Waals surface area contributed by atoms with Crippen LogP contribution in [0.15, 0.2) is 12.8 Å². The number of ether oxygens (including phenoxy) is 2. The van der Waals surface area contributed by atoms with Crippen molar-refractivity contribution in [3.8, 4) is 0 Å². The van der Waals surface area contributed by atoms with Crippen LogP contribution in [0.25, 0.3) is 0 Å². The molecule has 2 heteroatoms. The van der Waals surface area contributed by atoms with Crippen molar-refractivity contribution < 1.29 is 9.47 Å². The maximum absolute atomic E-state index is 5.16. The lowest BCUT2D eigenvalue weighted by Crippen LogP contribution is -2.05. The van der Waals surface area contributed by atoms with E-state index in [1.807, 2.05) is 6.92 Å². The standard InChI is InChI=1S/C8H15O2/c1-4-9-6-5-7-10-8(2)3/h4,8H,1-2,5-7H2,3H3. The van der Waals surface area contributed by atoms with Gasteiger partial charge in [-0.3, -0.25) is 0 Å². The largest absolute Gasteiger partial charge is 0.502 e. The van der Waals surface area contributed by atoms with Crippen molar-refractivity contribution in [2.45, 2.75) is 19.4 Å². The van der Waals surface area contributed by atoms with Crippen LogP contribution in [0.3, 0.4) is 0 Å². The smallest absolute Gasteiger partial charge is 0.0895 e. The highest BCUT2D eigenvalue weighted by Gasteiger charge is 1.91. The summed E-state index contributed by atoms with van der Waals surface area (Å²) in [5, 5.41) is 0. The molecule has 0 saturated carbocycles. The molecular formula is C8H15O2. The topological polar surface area (TPSA) is 18.5 Å². The summed E-state index contributed by atoms with van der Waals surface area (Å²) in [6.07, 6.45) is 2.41. The molecule has 0 aliphatic carbocycles. The second-order valence-electron chi connectivity index (χ2n) is 2.07. The molecule has 59 valence electrons. The highest BCUT2D eigenvalue weighted by atomic mass is 16.5. The van der Waals surface area contributed by atoms with Crippen LogP contribution in [-0.2, 0) is 9.47 Å². The lowest BCUT2D eigenvalue weighted by molar-refractivity contribution is 0.0800. The lowest BCUT2D eigenvalue weighted by atomic mass is 10.4. The molecule has 1 unspecified atom stereocenters. The van der Waals surface area contributed by atoms with E-state index in [4.69, 9.17) is 9.47 Å². The highest BCUT2D eigenvalue weighted by Crippen LogP contribution is 1.90. The first-order valence-corrected chi connectivity index (χ1v) is 3.44. The first kappa shape index (κ1) is 9.50. The predicted octanol–water partition coefficient (Wildman–Crippen LogP) is 1.78. The van der Waals surface area contributed by atoms with Crippen LogP contribution < -0.4 is 0 Å². The average Bonchev–Trinajstić information content (AvgIpc) is 1.87. The van der Waals surface area contributed by atoms with E-state index in [9.17, 15) is 0 Å². The molecule has 0 aliphatic heterocycles. The van der Waals surface area contributed by atoms with Crippen LogP contribution in [0.5, 0.6) is 0 Å². The van der Waals surface area contributed by atoms with Gasteiger partial charge in [0.2, 0.25) is 0 Å². The third-order valence-electron chi connectivity index (χ3n) is 0.927. The van der Waals surface area contributed by atoms with Crippen molar-refractivity contribution >= 4 is 0 Å². The van der Waals surface area contributed by atoms with E-state index in [0.29, 0.717) is 13.2 Å². The van der Waals surface area contributed by atoms with E-state index in [-0.39, 0.29) is 6.10 Å². The van der Waals surface area contributed by atoms with Crippen molar-refractivity contribution in [3.05, 3.63) is 19.8 Å². The van der Waals surface area contributed by atoms with Crippen molar-refractivity contribution in [1.82, 2.24) is 0 Å². The SMILES string of the molecule is [CH2]C(C)OCCCOC=C. The summed E-state index contributed by atoms with van der Waals surface area (Å²) in [4.78, 5) is 0. The van der Waals surface area contributed by atoms with E-state index in [2.05, 4.69) is 13.5 Å². The Morgan fingerprint density at radius 2 is 2.20 bits per heavy atom. The fourth-order valence-electron chi connectivity index (χ4n) is 0.510. The number of hydrogen-bond acceptors (Lipinski definition) is 2. The Balaban J connectivity index is 2.83. The number of rotatable bonds is 6. The molecule has 0 fully saturated rings.